The van der Waals surface area contributed by atoms with E-state index in [1.54, 1.807) is 24.7 Å². The largest absolute Gasteiger partial charge is 0.421 e. The Bertz CT molecular complexity index is 1440. The van der Waals surface area contributed by atoms with Crippen LogP contribution in [0, 0.1) is 0 Å². The first kappa shape index (κ1) is 22.2. The molecule has 1 unspecified atom stereocenters. The molecule has 4 aromatic heterocycles. The van der Waals surface area contributed by atoms with Crippen molar-refractivity contribution in [2.45, 2.75) is 37.5 Å². The lowest BCUT2D eigenvalue weighted by Crippen LogP contribution is -2.38. The molecule has 1 saturated heterocycles. The number of nitrogens with two attached hydrogens (primary N) is 1. The van der Waals surface area contributed by atoms with Gasteiger partial charge in [-0.1, -0.05) is 6.58 Å². The molecule has 1 aliphatic heterocycles. The summed E-state index contributed by atoms with van der Waals surface area (Å²) in [6, 6.07) is 9.66. The lowest BCUT2D eigenvalue weighted by atomic mass is 9.94. The van der Waals surface area contributed by atoms with Gasteiger partial charge in [0.1, 0.15) is 5.82 Å². The third-order valence-corrected chi connectivity index (χ3v) is 6.92. The number of pyridine rings is 2. The summed E-state index contributed by atoms with van der Waals surface area (Å²) in [7, 11) is 0. The number of carbonyl (C=O) groups is 1. The second kappa shape index (κ2) is 9.07. The molecule has 0 radical (unpaired) electrons. The SMILES string of the molecule is C=CC(=O)N1CCCC(c2nc(-c3ccc(Oc4cc(C5CC5)ccn4)nc3)n3c(N)nccc23)C1. The van der Waals surface area contributed by atoms with Gasteiger partial charge in [0.2, 0.25) is 23.6 Å². The number of fused-ring (bicyclic) bond motifs is 1. The highest BCUT2D eigenvalue weighted by molar-refractivity contribution is 5.87. The average Bonchev–Trinajstić information content (AvgIpc) is 3.69. The number of rotatable bonds is 6. The van der Waals surface area contributed by atoms with E-state index in [9.17, 15) is 4.79 Å². The second-order valence-electron chi connectivity index (χ2n) is 9.36. The van der Waals surface area contributed by atoms with Gasteiger partial charge in [-0.05, 0) is 61.4 Å². The summed E-state index contributed by atoms with van der Waals surface area (Å²) >= 11 is 0. The lowest BCUT2D eigenvalue weighted by molar-refractivity contribution is -0.127. The molecule has 1 atom stereocenters. The fourth-order valence-electron chi connectivity index (χ4n) is 4.94. The molecular formula is C27H27N7O2. The molecule has 0 bridgehead atoms. The Morgan fingerprint density at radius 2 is 1.92 bits per heavy atom. The van der Waals surface area contributed by atoms with Crippen molar-refractivity contribution in [2.75, 3.05) is 18.8 Å². The number of nitrogen functional groups attached to an aromatic ring is 1. The van der Waals surface area contributed by atoms with Crippen molar-refractivity contribution < 1.29 is 9.53 Å². The van der Waals surface area contributed by atoms with Crippen molar-refractivity contribution in [1.29, 1.82) is 0 Å². The summed E-state index contributed by atoms with van der Waals surface area (Å²) in [5, 5.41) is 0. The number of hydrogen-bond donors (Lipinski definition) is 1. The van der Waals surface area contributed by atoms with Crippen LogP contribution in [0.25, 0.3) is 16.9 Å². The van der Waals surface area contributed by atoms with Crippen LogP contribution in [-0.2, 0) is 4.79 Å². The van der Waals surface area contributed by atoms with Crippen LogP contribution in [0.3, 0.4) is 0 Å². The molecule has 2 fully saturated rings. The standard InChI is InChI=1S/C27H27N7O2/c1-2-24(35)33-13-3-4-20(16-33)25-21-10-12-30-27(28)34(21)26(32-25)19-7-8-22(31-15-19)36-23-14-18(9-11-29-23)17-5-6-17/h2,7-12,14-15,17,20H,1,3-6,13,16H2,(H2,28,30). The number of piperidine rings is 1. The molecule has 9 heteroatoms. The number of hydrogen-bond acceptors (Lipinski definition) is 7. The molecule has 182 valence electrons. The average molecular weight is 482 g/mol. The second-order valence-corrected chi connectivity index (χ2v) is 9.36. The molecular weight excluding hydrogens is 454 g/mol. The number of carbonyl (C=O) groups excluding carboxylic acids is 1. The zero-order valence-corrected chi connectivity index (χ0v) is 19.9. The van der Waals surface area contributed by atoms with E-state index in [1.165, 1.54) is 24.5 Å². The zero-order chi connectivity index (χ0) is 24.6. The van der Waals surface area contributed by atoms with Crippen molar-refractivity contribution in [2.24, 2.45) is 0 Å². The van der Waals surface area contributed by atoms with Gasteiger partial charge in [0.25, 0.3) is 0 Å². The molecule has 36 heavy (non-hydrogen) atoms. The topological polar surface area (TPSA) is 112 Å². The van der Waals surface area contributed by atoms with Crippen molar-refractivity contribution in [3.63, 3.8) is 0 Å². The number of anilines is 1. The van der Waals surface area contributed by atoms with E-state index in [4.69, 9.17) is 15.5 Å². The minimum absolute atomic E-state index is 0.0541. The van der Waals surface area contributed by atoms with Gasteiger partial charge in [0.05, 0.1) is 11.2 Å². The quantitative estimate of drug-likeness (QED) is 0.408. The zero-order valence-electron chi connectivity index (χ0n) is 19.9. The maximum absolute atomic E-state index is 12.2. The summed E-state index contributed by atoms with van der Waals surface area (Å²) in [5.74, 6) is 2.66. The van der Waals surface area contributed by atoms with E-state index < -0.39 is 0 Å². The minimum Gasteiger partial charge on any atom is -0.421 e. The smallest absolute Gasteiger partial charge is 0.245 e. The first-order valence-electron chi connectivity index (χ1n) is 12.2. The van der Waals surface area contributed by atoms with E-state index >= 15 is 0 Å². The fraction of sp³-hybridized carbons (Fsp3) is 0.296. The van der Waals surface area contributed by atoms with Crippen molar-refractivity contribution >= 4 is 17.4 Å². The Hall–Kier alpha value is -4.27. The summed E-state index contributed by atoms with van der Waals surface area (Å²) < 4.78 is 7.76. The van der Waals surface area contributed by atoms with Crippen LogP contribution < -0.4 is 10.5 Å². The summed E-state index contributed by atoms with van der Waals surface area (Å²) in [6.45, 7) is 4.95. The van der Waals surface area contributed by atoms with Crippen molar-refractivity contribution in [3.05, 3.63) is 72.8 Å². The molecule has 1 aliphatic carbocycles. The third kappa shape index (κ3) is 4.17. The van der Waals surface area contributed by atoms with Crippen LogP contribution in [0.15, 0.2) is 61.6 Å². The van der Waals surface area contributed by atoms with E-state index in [-0.39, 0.29) is 11.8 Å². The monoisotopic (exact) mass is 481 g/mol. The van der Waals surface area contributed by atoms with E-state index in [0.717, 1.165) is 36.2 Å². The molecule has 0 spiro atoms. The summed E-state index contributed by atoms with van der Waals surface area (Å²) in [6.07, 6.45) is 10.8. The van der Waals surface area contributed by atoms with Crippen LogP contribution in [0.1, 0.15) is 48.8 Å². The molecule has 1 amide bonds. The number of ether oxygens (including phenoxy) is 1. The highest BCUT2D eigenvalue weighted by Gasteiger charge is 2.28. The first-order chi connectivity index (χ1) is 17.6. The summed E-state index contributed by atoms with van der Waals surface area (Å²) in [5.41, 5.74) is 10.1. The number of aromatic nitrogens is 5. The highest BCUT2D eigenvalue weighted by atomic mass is 16.5. The maximum Gasteiger partial charge on any atom is 0.245 e. The molecule has 6 rings (SSSR count). The Kier molecular flexibility index (Phi) is 5.59. The van der Waals surface area contributed by atoms with Crippen LogP contribution >= 0.6 is 0 Å². The van der Waals surface area contributed by atoms with Gasteiger partial charge in [0.15, 0.2) is 0 Å². The van der Waals surface area contributed by atoms with Crippen LogP contribution in [0.4, 0.5) is 5.95 Å². The fourth-order valence-corrected chi connectivity index (χ4v) is 4.94. The summed E-state index contributed by atoms with van der Waals surface area (Å²) in [4.78, 5) is 32.2. The van der Waals surface area contributed by atoms with Gasteiger partial charge in [-0.3, -0.25) is 9.20 Å². The third-order valence-electron chi connectivity index (χ3n) is 6.92. The van der Waals surface area contributed by atoms with Gasteiger partial charge >= 0.3 is 0 Å². The predicted molar refractivity (Wildman–Crippen MR) is 136 cm³/mol. The number of imidazole rings is 1. The Labute approximate surface area is 208 Å². The van der Waals surface area contributed by atoms with Gasteiger partial charge in [-0.15, -0.1) is 0 Å². The van der Waals surface area contributed by atoms with Gasteiger partial charge in [-0.25, -0.2) is 19.9 Å². The predicted octanol–water partition coefficient (Wildman–Crippen LogP) is 4.33. The normalized spacial score (nSPS) is 17.8. The Morgan fingerprint density at radius 1 is 1.06 bits per heavy atom. The van der Waals surface area contributed by atoms with E-state index in [2.05, 4.69) is 21.5 Å². The van der Waals surface area contributed by atoms with Gasteiger partial charge in [-0.2, -0.15) is 0 Å². The Morgan fingerprint density at radius 3 is 2.69 bits per heavy atom. The maximum atomic E-state index is 12.2. The first-order valence-corrected chi connectivity index (χ1v) is 12.2. The van der Waals surface area contributed by atoms with Gasteiger partial charge < -0.3 is 15.4 Å². The molecule has 0 aromatic carbocycles. The van der Waals surface area contributed by atoms with Crippen LogP contribution in [-0.4, -0.2) is 48.2 Å². The van der Waals surface area contributed by atoms with Crippen molar-refractivity contribution in [3.8, 4) is 23.1 Å². The molecule has 2 N–H and O–H groups in total. The number of likely N-dealkylation sites (tertiary alicyclic amines) is 1. The van der Waals surface area contributed by atoms with E-state index in [1.807, 2.05) is 33.6 Å². The lowest BCUT2D eigenvalue weighted by Gasteiger charge is -2.31. The number of nitrogens with zero attached hydrogens (tertiary/aromatic N) is 6. The van der Waals surface area contributed by atoms with E-state index in [0.29, 0.717) is 36.0 Å². The van der Waals surface area contributed by atoms with Crippen LogP contribution in [0.2, 0.25) is 0 Å². The molecule has 2 aliphatic rings. The molecule has 4 aromatic rings. The minimum atomic E-state index is -0.0541. The molecule has 5 heterocycles. The molecule has 9 nitrogen and oxygen atoms in total. The highest BCUT2D eigenvalue weighted by Crippen LogP contribution is 2.41. The van der Waals surface area contributed by atoms with Gasteiger partial charge in [0, 0.05) is 55.3 Å². The van der Waals surface area contributed by atoms with Crippen molar-refractivity contribution in [1.82, 2.24) is 29.2 Å². The Balaban J connectivity index is 1.31. The molecule has 1 saturated carbocycles. The van der Waals surface area contributed by atoms with Crippen LogP contribution in [0.5, 0.6) is 11.8 Å². The number of amides is 1.